The number of piperazine rings is 1. The van der Waals surface area contributed by atoms with Crippen LogP contribution in [-0.4, -0.2) is 86.6 Å². The van der Waals surface area contributed by atoms with Crippen molar-refractivity contribution in [2.45, 2.75) is 24.4 Å². The predicted molar refractivity (Wildman–Crippen MR) is 93.3 cm³/mol. The van der Waals surface area contributed by atoms with E-state index in [0.29, 0.717) is 31.9 Å². The van der Waals surface area contributed by atoms with Gasteiger partial charge in [0.1, 0.15) is 0 Å². The Balaban J connectivity index is 1.54. The van der Waals surface area contributed by atoms with Crippen LogP contribution in [0.25, 0.3) is 0 Å². The van der Waals surface area contributed by atoms with Gasteiger partial charge in [-0.15, -0.1) is 0 Å². The zero-order valence-electron chi connectivity index (χ0n) is 15.1. The fourth-order valence-corrected chi connectivity index (χ4v) is 3.60. The van der Waals surface area contributed by atoms with E-state index in [2.05, 4.69) is 4.90 Å². The number of hydrogen-bond donors (Lipinski definition) is 1. The van der Waals surface area contributed by atoms with Gasteiger partial charge in [-0.25, -0.2) is 0 Å². The van der Waals surface area contributed by atoms with Gasteiger partial charge in [0.2, 0.25) is 0 Å². The maximum absolute atomic E-state index is 12.9. The molecule has 1 aromatic carbocycles. The van der Waals surface area contributed by atoms with Crippen LogP contribution in [0.4, 0.5) is 18.9 Å². The zero-order valence-corrected chi connectivity index (χ0v) is 15.1. The Hall–Kier alpha value is -1.35. The summed E-state index contributed by atoms with van der Waals surface area (Å²) in [6.45, 7) is 3.93. The quantitative estimate of drug-likeness (QED) is 0.867. The van der Waals surface area contributed by atoms with Gasteiger partial charge >= 0.3 is 6.18 Å². The topological polar surface area (TPSA) is 39.2 Å². The molecule has 2 aliphatic heterocycles. The lowest BCUT2D eigenvalue weighted by molar-refractivity contribution is -0.137. The molecule has 2 saturated heterocycles. The summed E-state index contributed by atoms with van der Waals surface area (Å²) in [4.78, 5) is 6.15. The molecule has 8 heteroatoms. The first-order chi connectivity index (χ1) is 12.3. The van der Waals surface area contributed by atoms with Crippen LogP contribution in [0, 0.1) is 0 Å². The van der Waals surface area contributed by atoms with E-state index in [1.54, 1.807) is 6.07 Å². The van der Waals surface area contributed by atoms with Gasteiger partial charge in [-0.05, 0) is 32.3 Å². The number of benzene rings is 1. The first kappa shape index (κ1) is 19.4. The molecular weight excluding hydrogens is 347 g/mol. The summed E-state index contributed by atoms with van der Waals surface area (Å²) >= 11 is 0. The Labute approximate surface area is 151 Å². The van der Waals surface area contributed by atoms with Crippen molar-refractivity contribution in [3.8, 4) is 0 Å². The van der Waals surface area contributed by atoms with Gasteiger partial charge in [0.05, 0.1) is 30.4 Å². The van der Waals surface area contributed by atoms with E-state index in [1.807, 2.05) is 23.9 Å². The van der Waals surface area contributed by atoms with Crippen molar-refractivity contribution in [1.82, 2.24) is 9.80 Å². The highest BCUT2D eigenvalue weighted by molar-refractivity contribution is 5.49. The highest BCUT2D eigenvalue weighted by atomic mass is 19.4. The molecule has 0 aliphatic carbocycles. The number of anilines is 1. The van der Waals surface area contributed by atoms with Crippen molar-refractivity contribution in [2.24, 2.45) is 0 Å². The monoisotopic (exact) mass is 373 g/mol. The highest BCUT2D eigenvalue weighted by Gasteiger charge is 2.38. The number of alkyl halides is 3. The van der Waals surface area contributed by atoms with E-state index < -0.39 is 17.8 Å². The summed E-state index contributed by atoms with van der Waals surface area (Å²) < 4.78 is 44.4. The number of aliphatic hydroxyl groups is 1. The van der Waals surface area contributed by atoms with Crippen LogP contribution in [-0.2, 0) is 10.9 Å². The SMILES string of the molecule is CN(C)C1COC(CN2CCN(c3cccc(C(F)(F)F)c3)CC2)C1O. The summed E-state index contributed by atoms with van der Waals surface area (Å²) in [6.07, 6.45) is -5.06. The number of nitrogens with zero attached hydrogens (tertiary/aromatic N) is 3. The third kappa shape index (κ3) is 4.31. The van der Waals surface area contributed by atoms with Crippen molar-refractivity contribution in [1.29, 1.82) is 0 Å². The minimum atomic E-state index is -4.32. The molecular formula is C18H26F3N3O2. The van der Waals surface area contributed by atoms with Crippen molar-refractivity contribution in [2.75, 3.05) is 58.3 Å². The number of likely N-dealkylation sites (N-methyl/N-ethyl adjacent to an activating group) is 1. The predicted octanol–water partition coefficient (Wildman–Crippen LogP) is 1.52. The van der Waals surface area contributed by atoms with Gasteiger partial charge in [-0.3, -0.25) is 4.90 Å². The van der Waals surface area contributed by atoms with Crippen LogP contribution >= 0.6 is 0 Å². The van der Waals surface area contributed by atoms with Gasteiger partial charge in [-0.2, -0.15) is 13.2 Å². The lowest BCUT2D eigenvalue weighted by Crippen LogP contribution is -2.51. The average Bonchev–Trinajstić information content (AvgIpc) is 2.96. The van der Waals surface area contributed by atoms with Gasteiger partial charge < -0.3 is 19.6 Å². The van der Waals surface area contributed by atoms with Crippen LogP contribution < -0.4 is 4.90 Å². The fourth-order valence-electron chi connectivity index (χ4n) is 3.60. The number of ether oxygens (including phenoxy) is 1. The molecule has 2 aliphatic rings. The molecule has 26 heavy (non-hydrogen) atoms. The second-order valence-corrected chi connectivity index (χ2v) is 7.23. The van der Waals surface area contributed by atoms with Crippen molar-refractivity contribution >= 4 is 5.69 Å². The Morgan fingerprint density at radius 1 is 1.19 bits per heavy atom. The second-order valence-electron chi connectivity index (χ2n) is 7.23. The van der Waals surface area contributed by atoms with E-state index in [9.17, 15) is 18.3 Å². The Morgan fingerprint density at radius 3 is 2.46 bits per heavy atom. The molecule has 3 unspecified atom stereocenters. The largest absolute Gasteiger partial charge is 0.416 e. The summed E-state index contributed by atoms with van der Waals surface area (Å²) in [5, 5.41) is 10.4. The molecule has 3 rings (SSSR count). The third-order valence-corrected chi connectivity index (χ3v) is 5.27. The second kappa shape index (κ2) is 7.72. The molecule has 0 spiro atoms. The van der Waals surface area contributed by atoms with Crippen LogP contribution in [0.2, 0.25) is 0 Å². The van der Waals surface area contributed by atoms with E-state index in [0.717, 1.165) is 19.2 Å². The Bertz CT molecular complexity index is 604. The first-order valence-corrected chi connectivity index (χ1v) is 8.86. The molecule has 2 heterocycles. The molecule has 5 nitrogen and oxygen atoms in total. The molecule has 1 aromatic rings. The van der Waals surface area contributed by atoms with E-state index in [4.69, 9.17) is 4.74 Å². The van der Waals surface area contributed by atoms with Gasteiger partial charge in [-0.1, -0.05) is 6.07 Å². The fraction of sp³-hybridized carbons (Fsp3) is 0.667. The van der Waals surface area contributed by atoms with Crippen LogP contribution in [0.1, 0.15) is 5.56 Å². The van der Waals surface area contributed by atoms with Gasteiger partial charge in [0, 0.05) is 38.4 Å². The van der Waals surface area contributed by atoms with E-state index in [-0.39, 0.29) is 12.1 Å². The van der Waals surface area contributed by atoms with Crippen LogP contribution in [0.3, 0.4) is 0 Å². The standard InChI is InChI=1S/C18H26F3N3O2/c1-22(2)15-12-26-16(17(15)25)11-23-6-8-24(9-7-23)14-5-3-4-13(10-14)18(19,20)21/h3-5,10,15-17,25H,6-9,11-12H2,1-2H3. The first-order valence-electron chi connectivity index (χ1n) is 8.86. The summed E-state index contributed by atoms with van der Waals surface area (Å²) in [7, 11) is 3.85. The zero-order chi connectivity index (χ0) is 18.9. The molecule has 3 atom stereocenters. The molecule has 0 aromatic heterocycles. The summed E-state index contributed by atoms with van der Waals surface area (Å²) in [5.41, 5.74) is -0.0149. The Morgan fingerprint density at radius 2 is 1.88 bits per heavy atom. The van der Waals surface area contributed by atoms with Crippen LogP contribution in [0.15, 0.2) is 24.3 Å². The lowest BCUT2D eigenvalue weighted by atomic mass is 10.1. The summed E-state index contributed by atoms with van der Waals surface area (Å²) in [5.74, 6) is 0. The molecule has 146 valence electrons. The van der Waals surface area contributed by atoms with Crippen LogP contribution in [0.5, 0.6) is 0 Å². The molecule has 2 fully saturated rings. The number of rotatable bonds is 4. The normalized spacial score (nSPS) is 28.1. The van der Waals surface area contributed by atoms with Crippen molar-refractivity contribution in [3.63, 3.8) is 0 Å². The maximum atomic E-state index is 12.9. The van der Waals surface area contributed by atoms with Gasteiger partial charge in [0.25, 0.3) is 0 Å². The Kier molecular flexibility index (Phi) is 5.76. The summed E-state index contributed by atoms with van der Waals surface area (Å²) in [6, 6.07) is 5.48. The number of hydrogen-bond acceptors (Lipinski definition) is 5. The minimum Gasteiger partial charge on any atom is -0.389 e. The maximum Gasteiger partial charge on any atom is 0.416 e. The third-order valence-electron chi connectivity index (χ3n) is 5.27. The average molecular weight is 373 g/mol. The van der Waals surface area contributed by atoms with Crippen molar-refractivity contribution in [3.05, 3.63) is 29.8 Å². The molecule has 0 amide bonds. The van der Waals surface area contributed by atoms with Gasteiger partial charge in [0.15, 0.2) is 0 Å². The molecule has 0 saturated carbocycles. The van der Waals surface area contributed by atoms with Crippen molar-refractivity contribution < 1.29 is 23.0 Å². The molecule has 1 N–H and O–H groups in total. The highest BCUT2D eigenvalue weighted by Crippen LogP contribution is 2.32. The minimum absolute atomic E-state index is 0.00592. The number of aliphatic hydroxyl groups excluding tert-OH is 1. The molecule has 0 bridgehead atoms. The van der Waals surface area contributed by atoms with E-state index >= 15 is 0 Å². The smallest absolute Gasteiger partial charge is 0.389 e. The molecule has 0 radical (unpaired) electrons. The lowest BCUT2D eigenvalue weighted by Gasteiger charge is -2.37. The van der Waals surface area contributed by atoms with E-state index in [1.165, 1.54) is 12.1 Å². The number of halogens is 3.